The van der Waals surface area contributed by atoms with Crippen LogP contribution >= 0.6 is 0 Å². The summed E-state index contributed by atoms with van der Waals surface area (Å²) >= 11 is 0. The summed E-state index contributed by atoms with van der Waals surface area (Å²) in [5.41, 5.74) is 3.10. The van der Waals surface area contributed by atoms with Gasteiger partial charge < -0.3 is 5.11 Å². The van der Waals surface area contributed by atoms with Crippen molar-refractivity contribution >= 4 is 0 Å². The first-order chi connectivity index (χ1) is 7.55. The SMILES string of the molecule is CCC1CCC(O)(c2ccc(C)cc2C)C1. The summed E-state index contributed by atoms with van der Waals surface area (Å²) in [6.45, 7) is 6.43. The summed E-state index contributed by atoms with van der Waals surface area (Å²) in [7, 11) is 0. The van der Waals surface area contributed by atoms with E-state index in [-0.39, 0.29) is 0 Å². The van der Waals surface area contributed by atoms with Crippen LogP contribution in [0.3, 0.4) is 0 Å². The van der Waals surface area contributed by atoms with Crippen LogP contribution in [-0.2, 0) is 5.60 Å². The van der Waals surface area contributed by atoms with Crippen molar-refractivity contribution in [3.8, 4) is 0 Å². The van der Waals surface area contributed by atoms with Crippen molar-refractivity contribution in [1.29, 1.82) is 0 Å². The average Bonchev–Trinajstić information content (AvgIpc) is 2.61. The zero-order valence-electron chi connectivity index (χ0n) is 10.6. The topological polar surface area (TPSA) is 20.2 Å². The summed E-state index contributed by atoms with van der Waals surface area (Å²) in [4.78, 5) is 0. The first-order valence-corrected chi connectivity index (χ1v) is 6.35. The van der Waals surface area contributed by atoms with Crippen molar-refractivity contribution in [3.63, 3.8) is 0 Å². The first-order valence-electron chi connectivity index (χ1n) is 6.35. The number of aliphatic hydroxyl groups is 1. The van der Waals surface area contributed by atoms with E-state index in [1.54, 1.807) is 0 Å². The molecule has 0 aromatic heterocycles. The van der Waals surface area contributed by atoms with Gasteiger partial charge in [0.15, 0.2) is 0 Å². The van der Waals surface area contributed by atoms with Crippen molar-refractivity contribution in [3.05, 3.63) is 34.9 Å². The van der Waals surface area contributed by atoms with Crippen LogP contribution in [0.1, 0.15) is 49.3 Å². The third-order valence-electron chi connectivity index (χ3n) is 4.05. The fourth-order valence-corrected chi connectivity index (χ4v) is 3.05. The van der Waals surface area contributed by atoms with Gasteiger partial charge in [0.05, 0.1) is 5.60 Å². The van der Waals surface area contributed by atoms with Gasteiger partial charge in [-0.25, -0.2) is 0 Å². The van der Waals surface area contributed by atoms with Gasteiger partial charge in [-0.2, -0.15) is 0 Å². The maximum absolute atomic E-state index is 10.7. The lowest BCUT2D eigenvalue weighted by molar-refractivity contribution is 0.0392. The molecule has 0 amide bonds. The Balaban J connectivity index is 2.30. The van der Waals surface area contributed by atoms with Gasteiger partial charge in [0.25, 0.3) is 0 Å². The lowest BCUT2D eigenvalue weighted by atomic mass is 9.87. The van der Waals surface area contributed by atoms with E-state index in [1.807, 2.05) is 0 Å². The molecule has 88 valence electrons. The van der Waals surface area contributed by atoms with Crippen LogP contribution in [0.15, 0.2) is 18.2 Å². The molecule has 1 N–H and O–H groups in total. The lowest BCUT2D eigenvalue weighted by Crippen LogP contribution is -2.23. The van der Waals surface area contributed by atoms with Gasteiger partial charge in [0.2, 0.25) is 0 Å². The number of rotatable bonds is 2. The van der Waals surface area contributed by atoms with E-state index < -0.39 is 5.60 Å². The Morgan fingerprint density at radius 2 is 2.12 bits per heavy atom. The summed E-state index contributed by atoms with van der Waals surface area (Å²) < 4.78 is 0. The van der Waals surface area contributed by atoms with E-state index in [9.17, 15) is 5.11 Å². The predicted octanol–water partition coefficient (Wildman–Crippen LogP) is 3.70. The van der Waals surface area contributed by atoms with E-state index in [0.29, 0.717) is 5.92 Å². The Hall–Kier alpha value is -0.820. The van der Waals surface area contributed by atoms with Crippen LogP contribution in [0, 0.1) is 19.8 Å². The molecule has 1 aromatic carbocycles. The first kappa shape index (κ1) is 11.7. The van der Waals surface area contributed by atoms with E-state index in [0.717, 1.165) is 18.4 Å². The Morgan fingerprint density at radius 1 is 1.38 bits per heavy atom. The molecule has 1 saturated carbocycles. The van der Waals surface area contributed by atoms with Crippen LogP contribution in [0.25, 0.3) is 0 Å². The second-order valence-corrected chi connectivity index (χ2v) is 5.37. The van der Waals surface area contributed by atoms with Crippen molar-refractivity contribution in [2.24, 2.45) is 5.92 Å². The molecule has 2 rings (SSSR count). The van der Waals surface area contributed by atoms with Crippen molar-refractivity contribution in [1.82, 2.24) is 0 Å². The average molecular weight is 218 g/mol. The highest BCUT2D eigenvalue weighted by Gasteiger charge is 2.38. The minimum atomic E-state index is -0.557. The molecule has 1 aliphatic rings. The second-order valence-electron chi connectivity index (χ2n) is 5.37. The smallest absolute Gasteiger partial charge is 0.0901 e. The fraction of sp³-hybridized carbons (Fsp3) is 0.600. The highest BCUT2D eigenvalue weighted by Crippen LogP contribution is 2.44. The van der Waals surface area contributed by atoms with Crippen LogP contribution < -0.4 is 0 Å². The normalized spacial score (nSPS) is 29.6. The molecule has 0 heterocycles. The molecule has 2 unspecified atom stereocenters. The van der Waals surface area contributed by atoms with Crippen LogP contribution in [0.2, 0.25) is 0 Å². The molecule has 0 radical (unpaired) electrons. The molecular formula is C15H22O. The highest BCUT2D eigenvalue weighted by atomic mass is 16.3. The molecule has 0 spiro atoms. The molecule has 1 heteroatoms. The molecule has 1 aromatic rings. The summed E-state index contributed by atoms with van der Waals surface area (Å²) in [5, 5.41) is 10.7. The monoisotopic (exact) mass is 218 g/mol. The molecule has 1 nitrogen and oxygen atoms in total. The Morgan fingerprint density at radius 3 is 2.69 bits per heavy atom. The van der Waals surface area contributed by atoms with Gasteiger partial charge in [-0.3, -0.25) is 0 Å². The number of hydrogen-bond acceptors (Lipinski definition) is 1. The quantitative estimate of drug-likeness (QED) is 0.802. The molecule has 0 aliphatic heterocycles. The molecule has 16 heavy (non-hydrogen) atoms. The lowest BCUT2D eigenvalue weighted by Gasteiger charge is -2.25. The second kappa shape index (κ2) is 4.21. The minimum absolute atomic E-state index is 0.557. The molecular weight excluding hydrogens is 196 g/mol. The van der Waals surface area contributed by atoms with Crippen molar-refractivity contribution in [2.75, 3.05) is 0 Å². The minimum Gasteiger partial charge on any atom is -0.385 e. The maximum Gasteiger partial charge on any atom is 0.0901 e. The van der Waals surface area contributed by atoms with Crippen molar-refractivity contribution in [2.45, 2.75) is 52.1 Å². The van der Waals surface area contributed by atoms with Gasteiger partial charge >= 0.3 is 0 Å². The van der Waals surface area contributed by atoms with E-state index in [2.05, 4.69) is 39.0 Å². The van der Waals surface area contributed by atoms with Gasteiger partial charge in [-0.15, -0.1) is 0 Å². The third kappa shape index (κ3) is 2.01. The van der Waals surface area contributed by atoms with Gasteiger partial charge in [0.1, 0.15) is 0 Å². The standard InChI is InChI=1S/C15H22O/c1-4-13-7-8-15(16,10-13)14-6-5-11(2)9-12(14)3/h5-6,9,13,16H,4,7-8,10H2,1-3H3. The zero-order valence-corrected chi connectivity index (χ0v) is 10.6. The third-order valence-corrected chi connectivity index (χ3v) is 4.05. The van der Waals surface area contributed by atoms with Crippen LogP contribution in [-0.4, -0.2) is 5.11 Å². The molecule has 0 saturated heterocycles. The van der Waals surface area contributed by atoms with E-state index >= 15 is 0 Å². The molecule has 1 fully saturated rings. The van der Waals surface area contributed by atoms with Gasteiger partial charge in [-0.05, 0) is 50.2 Å². The summed E-state index contributed by atoms with van der Waals surface area (Å²) in [6, 6.07) is 6.40. The van der Waals surface area contributed by atoms with Crippen LogP contribution in [0.4, 0.5) is 0 Å². The number of hydrogen-bond donors (Lipinski definition) is 1. The Bertz CT molecular complexity index is 383. The van der Waals surface area contributed by atoms with Gasteiger partial charge in [-0.1, -0.05) is 37.1 Å². The maximum atomic E-state index is 10.7. The Labute approximate surface area is 98.5 Å². The number of aryl methyl sites for hydroxylation is 2. The summed E-state index contributed by atoms with van der Waals surface area (Å²) in [6.07, 6.45) is 4.22. The highest BCUT2D eigenvalue weighted by molar-refractivity contribution is 5.35. The summed E-state index contributed by atoms with van der Waals surface area (Å²) in [5.74, 6) is 0.700. The zero-order chi connectivity index (χ0) is 11.8. The van der Waals surface area contributed by atoms with E-state index in [1.165, 1.54) is 24.0 Å². The molecule has 2 atom stereocenters. The predicted molar refractivity (Wildman–Crippen MR) is 67.4 cm³/mol. The fourth-order valence-electron chi connectivity index (χ4n) is 3.05. The van der Waals surface area contributed by atoms with E-state index in [4.69, 9.17) is 0 Å². The largest absolute Gasteiger partial charge is 0.385 e. The van der Waals surface area contributed by atoms with Gasteiger partial charge in [0, 0.05) is 0 Å². The van der Waals surface area contributed by atoms with Crippen LogP contribution in [0.5, 0.6) is 0 Å². The molecule has 0 bridgehead atoms. The molecule has 1 aliphatic carbocycles. The van der Waals surface area contributed by atoms with Crippen molar-refractivity contribution < 1.29 is 5.11 Å². The number of benzene rings is 1. The Kier molecular flexibility index (Phi) is 3.07.